The predicted octanol–water partition coefficient (Wildman–Crippen LogP) is 6.70. The normalized spacial score (nSPS) is 15.9. The van der Waals surface area contributed by atoms with E-state index in [1.807, 2.05) is 60.4 Å². The van der Waals surface area contributed by atoms with Crippen LogP contribution in [0.25, 0.3) is 0 Å². The largest absolute Gasteiger partial charge is 0.490 e. The molecule has 3 aromatic carbocycles. The van der Waals surface area contributed by atoms with Crippen molar-refractivity contribution in [2.24, 2.45) is 0 Å². The van der Waals surface area contributed by atoms with Gasteiger partial charge in [0.15, 0.2) is 11.5 Å². The highest BCUT2D eigenvalue weighted by atomic mass is 127. The van der Waals surface area contributed by atoms with Crippen LogP contribution >= 0.6 is 46.0 Å². The Hall–Kier alpha value is -1.90. The van der Waals surface area contributed by atoms with Crippen LogP contribution in [0, 0.1) is 3.57 Å². The lowest BCUT2D eigenvalue weighted by Crippen LogP contribution is -2.27. The first-order valence-electron chi connectivity index (χ1n) is 9.89. The molecule has 160 valence electrons. The Morgan fingerprint density at radius 3 is 2.55 bits per heavy atom. The van der Waals surface area contributed by atoms with E-state index in [0.29, 0.717) is 29.7 Å². The molecular formula is C24H21ClINO3S. The first kappa shape index (κ1) is 22.3. The molecule has 1 amide bonds. The van der Waals surface area contributed by atoms with Gasteiger partial charge in [0.2, 0.25) is 5.91 Å². The van der Waals surface area contributed by atoms with Gasteiger partial charge < -0.3 is 9.47 Å². The van der Waals surface area contributed by atoms with E-state index in [4.69, 9.17) is 21.1 Å². The summed E-state index contributed by atoms with van der Waals surface area (Å²) in [6.45, 7) is 2.94. The number of ether oxygens (including phenoxy) is 2. The molecule has 0 unspecified atom stereocenters. The van der Waals surface area contributed by atoms with Crippen LogP contribution in [0.1, 0.15) is 23.4 Å². The van der Waals surface area contributed by atoms with E-state index < -0.39 is 0 Å². The highest BCUT2D eigenvalue weighted by Gasteiger charge is 2.35. The van der Waals surface area contributed by atoms with Crippen LogP contribution in [-0.4, -0.2) is 18.3 Å². The molecule has 0 saturated carbocycles. The fourth-order valence-corrected chi connectivity index (χ4v) is 5.48. The van der Waals surface area contributed by atoms with E-state index in [-0.39, 0.29) is 11.3 Å². The minimum atomic E-state index is -0.135. The second kappa shape index (κ2) is 10.1. The van der Waals surface area contributed by atoms with Crippen LogP contribution in [0.2, 0.25) is 5.02 Å². The third-order valence-electron chi connectivity index (χ3n) is 4.82. The molecule has 4 nitrogen and oxygen atoms in total. The van der Waals surface area contributed by atoms with Gasteiger partial charge >= 0.3 is 0 Å². The molecule has 1 fully saturated rings. The van der Waals surface area contributed by atoms with Crippen molar-refractivity contribution in [1.82, 2.24) is 0 Å². The lowest BCUT2D eigenvalue weighted by molar-refractivity contribution is -0.115. The van der Waals surface area contributed by atoms with E-state index in [1.165, 1.54) is 0 Å². The van der Waals surface area contributed by atoms with Gasteiger partial charge in [0.05, 0.1) is 15.9 Å². The van der Waals surface area contributed by atoms with E-state index in [1.54, 1.807) is 23.9 Å². The number of carbonyl (C=O) groups is 1. The molecule has 0 spiro atoms. The number of hydrogen-bond acceptors (Lipinski definition) is 4. The van der Waals surface area contributed by atoms with Crippen molar-refractivity contribution in [3.05, 3.63) is 86.4 Å². The zero-order valence-corrected chi connectivity index (χ0v) is 20.6. The van der Waals surface area contributed by atoms with Crippen molar-refractivity contribution < 1.29 is 14.3 Å². The highest BCUT2D eigenvalue weighted by Crippen LogP contribution is 2.45. The van der Waals surface area contributed by atoms with Crippen LogP contribution in [0.5, 0.6) is 11.5 Å². The SMILES string of the molecule is CCOc1cc([C@H]2SCC(=O)N2c2ccc(Cl)cc2)cc(I)c1OCc1ccccc1. The standard InChI is InChI=1S/C24H21ClINO3S/c1-2-29-21-13-17(12-20(26)23(21)30-14-16-6-4-3-5-7-16)24-27(22(28)15-31-24)19-10-8-18(25)9-11-19/h3-13,24H,2,14-15H2,1H3/t24-/m1/s1. The summed E-state index contributed by atoms with van der Waals surface area (Å²) >= 11 is 9.92. The number of benzene rings is 3. The summed E-state index contributed by atoms with van der Waals surface area (Å²) in [7, 11) is 0. The van der Waals surface area contributed by atoms with E-state index >= 15 is 0 Å². The summed E-state index contributed by atoms with van der Waals surface area (Å²) in [5.41, 5.74) is 2.93. The average Bonchev–Trinajstić information content (AvgIpc) is 3.16. The number of nitrogens with zero attached hydrogens (tertiary/aromatic N) is 1. The van der Waals surface area contributed by atoms with E-state index in [2.05, 4.69) is 28.7 Å². The van der Waals surface area contributed by atoms with Crippen LogP contribution in [-0.2, 0) is 11.4 Å². The van der Waals surface area contributed by atoms with Gasteiger partial charge in [-0.25, -0.2) is 0 Å². The maximum absolute atomic E-state index is 12.7. The minimum Gasteiger partial charge on any atom is -0.490 e. The lowest BCUT2D eigenvalue weighted by Gasteiger charge is -2.25. The molecular weight excluding hydrogens is 545 g/mol. The molecule has 1 aliphatic heterocycles. The topological polar surface area (TPSA) is 38.8 Å². The molecule has 1 aliphatic rings. The summed E-state index contributed by atoms with van der Waals surface area (Å²) in [5.74, 6) is 1.92. The van der Waals surface area contributed by atoms with Crippen LogP contribution in [0.3, 0.4) is 0 Å². The first-order chi connectivity index (χ1) is 15.1. The van der Waals surface area contributed by atoms with Crippen molar-refractivity contribution in [3.8, 4) is 11.5 Å². The minimum absolute atomic E-state index is 0.0784. The number of hydrogen-bond donors (Lipinski definition) is 0. The van der Waals surface area contributed by atoms with Crippen molar-refractivity contribution in [3.63, 3.8) is 0 Å². The van der Waals surface area contributed by atoms with Gasteiger partial charge in [-0.05, 0) is 77.0 Å². The van der Waals surface area contributed by atoms with Crippen molar-refractivity contribution in [2.75, 3.05) is 17.3 Å². The monoisotopic (exact) mass is 565 g/mol. The van der Waals surface area contributed by atoms with Crippen LogP contribution < -0.4 is 14.4 Å². The van der Waals surface area contributed by atoms with Gasteiger partial charge in [-0.2, -0.15) is 0 Å². The third kappa shape index (κ3) is 5.13. The highest BCUT2D eigenvalue weighted by molar-refractivity contribution is 14.1. The molecule has 1 saturated heterocycles. The van der Waals surface area contributed by atoms with Gasteiger partial charge in [0.25, 0.3) is 0 Å². The number of anilines is 1. The molecule has 0 radical (unpaired) electrons. The Morgan fingerprint density at radius 2 is 1.84 bits per heavy atom. The van der Waals surface area contributed by atoms with Crippen molar-refractivity contribution >= 4 is 57.5 Å². The van der Waals surface area contributed by atoms with Crippen molar-refractivity contribution in [1.29, 1.82) is 0 Å². The smallest absolute Gasteiger partial charge is 0.238 e. The molecule has 3 aromatic rings. The van der Waals surface area contributed by atoms with Gasteiger partial charge in [-0.3, -0.25) is 9.69 Å². The van der Waals surface area contributed by atoms with E-state index in [0.717, 1.165) is 26.1 Å². The third-order valence-corrected chi connectivity index (χ3v) is 7.08. The number of amides is 1. The molecule has 0 bridgehead atoms. The van der Waals surface area contributed by atoms with Gasteiger partial charge in [0.1, 0.15) is 12.0 Å². The Morgan fingerprint density at radius 1 is 1.10 bits per heavy atom. The molecule has 7 heteroatoms. The Bertz CT molecular complexity index is 1060. The first-order valence-corrected chi connectivity index (χ1v) is 12.4. The predicted molar refractivity (Wildman–Crippen MR) is 135 cm³/mol. The average molecular weight is 566 g/mol. The second-order valence-electron chi connectivity index (χ2n) is 6.94. The molecule has 0 aliphatic carbocycles. The maximum Gasteiger partial charge on any atom is 0.238 e. The Kier molecular flexibility index (Phi) is 7.30. The summed E-state index contributed by atoms with van der Waals surface area (Å²) in [6, 6.07) is 21.5. The fraction of sp³-hybridized carbons (Fsp3) is 0.208. The Balaban J connectivity index is 1.65. The quantitative estimate of drug-likeness (QED) is 0.299. The zero-order valence-electron chi connectivity index (χ0n) is 16.9. The summed E-state index contributed by atoms with van der Waals surface area (Å²) in [6.07, 6.45) is 0. The number of thioether (sulfide) groups is 1. The molecule has 0 N–H and O–H groups in total. The summed E-state index contributed by atoms with van der Waals surface area (Å²) < 4.78 is 13.0. The Labute approximate surface area is 205 Å². The molecule has 0 aromatic heterocycles. The molecule has 4 rings (SSSR count). The molecule has 1 atom stereocenters. The number of rotatable bonds is 7. The molecule has 1 heterocycles. The van der Waals surface area contributed by atoms with Gasteiger partial charge in [-0.15, -0.1) is 11.8 Å². The summed E-state index contributed by atoms with van der Waals surface area (Å²) in [4.78, 5) is 14.5. The number of carbonyl (C=O) groups excluding carboxylic acids is 1. The zero-order chi connectivity index (χ0) is 21.8. The van der Waals surface area contributed by atoms with Crippen LogP contribution in [0.15, 0.2) is 66.7 Å². The second-order valence-corrected chi connectivity index (χ2v) is 9.61. The lowest BCUT2D eigenvalue weighted by atomic mass is 10.1. The maximum atomic E-state index is 12.7. The van der Waals surface area contributed by atoms with Crippen molar-refractivity contribution in [2.45, 2.75) is 18.9 Å². The summed E-state index contributed by atoms with van der Waals surface area (Å²) in [5, 5.41) is 0.511. The van der Waals surface area contributed by atoms with Crippen LogP contribution in [0.4, 0.5) is 5.69 Å². The molecule has 31 heavy (non-hydrogen) atoms. The fourth-order valence-electron chi connectivity index (χ4n) is 3.41. The van der Waals surface area contributed by atoms with Gasteiger partial charge in [-0.1, -0.05) is 41.9 Å². The number of halogens is 2. The van der Waals surface area contributed by atoms with Gasteiger partial charge in [0, 0.05) is 10.7 Å². The van der Waals surface area contributed by atoms with E-state index in [9.17, 15) is 4.79 Å².